The highest BCUT2D eigenvalue weighted by molar-refractivity contribution is 7.53. The van der Waals surface area contributed by atoms with E-state index in [1.807, 2.05) is 0 Å². The van der Waals surface area contributed by atoms with Crippen LogP contribution >= 0.6 is 7.60 Å². The zero-order valence-electron chi connectivity index (χ0n) is 13.5. The summed E-state index contributed by atoms with van der Waals surface area (Å²) >= 11 is 0. The van der Waals surface area contributed by atoms with Crippen LogP contribution in [0.25, 0.3) is 0 Å². The Morgan fingerprint density at radius 2 is 1.78 bits per heavy atom. The van der Waals surface area contributed by atoms with Crippen molar-refractivity contribution in [2.45, 2.75) is 26.8 Å². The van der Waals surface area contributed by atoms with E-state index in [0.717, 1.165) is 0 Å². The van der Waals surface area contributed by atoms with Crippen LogP contribution in [0.1, 0.15) is 32.4 Å². The molecular weight excluding hydrogens is 323 g/mol. The minimum Gasteiger partial charge on any atom is -0.481 e. The monoisotopic (exact) mass is 346 g/mol. The van der Waals surface area contributed by atoms with Gasteiger partial charge in [-0.2, -0.15) is 5.06 Å². The van der Waals surface area contributed by atoms with Gasteiger partial charge >= 0.3 is 13.6 Å². The first-order valence-electron chi connectivity index (χ1n) is 7.21. The summed E-state index contributed by atoms with van der Waals surface area (Å²) in [5, 5.41) is 9.94. The van der Waals surface area contributed by atoms with Crippen molar-refractivity contribution in [2.75, 3.05) is 19.6 Å². The van der Waals surface area contributed by atoms with Gasteiger partial charge in [-0.05, 0) is 38.5 Å². The number of carbonyl (C=O) groups is 1. The van der Waals surface area contributed by atoms with Crippen LogP contribution in [0.15, 0.2) is 24.3 Å². The van der Waals surface area contributed by atoms with Crippen molar-refractivity contribution in [3.63, 3.8) is 0 Å². The summed E-state index contributed by atoms with van der Waals surface area (Å²) in [4.78, 5) is 10.9. The number of carbonyl (C=O) groups excluding carboxylic acids is 1. The van der Waals surface area contributed by atoms with Gasteiger partial charge in [0.2, 0.25) is 0 Å². The SMILES string of the molecule is CCOP(=O)(COc1ccc(C(C)N(O)C(N)=O)cc1)OCC. The number of benzene rings is 1. The van der Waals surface area contributed by atoms with E-state index < -0.39 is 19.7 Å². The predicted octanol–water partition coefficient (Wildman–Crippen LogP) is 3.12. The Morgan fingerprint density at radius 1 is 1.26 bits per heavy atom. The number of amides is 2. The summed E-state index contributed by atoms with van der Waals surface area (Å²) in [5.41, 5.74) is 5.67. The highest BCUT2D eigenvalue weighted by Gasteiger charge is 2.24. The molecule has 0 saturated heterocycles. The van der Waals surface area contributed by atoms with Gasteiger partial charge in [0.25, 0.3) is 0 Å². The summed E-state index contributed by atoms with van der Waals surface area (Å²) in [5.74, 6) is 0.462. The number of nitrogens with two attached hydrogens (primary N) is 1. The third-order valence-electron chi connectivity index (χ3n) is 3.00. The summed E-state index contributed by atoms with van der Waals surface area (Å²) in [6, 6.07) is 5.05. The Kier molecular flexibility index (Phi) is 7.51. The number of ether oxygens (including phenoxy) is 1. The van der Waals surface area contributed by atoms with E-state index in [2.05, 4.69) is 0 Å². The molecule has 3 N–H and O–H groups in total. The van der Waals surface area contributed by atoms with E-state index in [4.69, 9.17) is 19.5 Å². The number of nitrogens with zero attached hydrogens (tertiary/aromatic N) is 1. The van der Waals surface area contributed by atoms with Gasteiger partial charge in [-0.25, -0.2) is 4.79 Å². The van der Waals surface area contributed by atoms with Crippen molar-refractivity contribution in [1.82, 2.24) is 5.06 Å². The minimum atomic E-state index is -3.28. The first kappa shape index (κ1) is 19.4. The molecule has 1 aromatic carbocycles. The van der Waals surface area contributed by atoms with E-state index >= 15 is 0 Å². The average molecular weight is 346 g/mol. The summed E-state index contributed by atoms with van der Waals surface area (Å²) in [6.45, 7) is 5.59. The second-order valence-electron chi connectivity index (χ2n) is 4.65. The highest BCUT2D eigenvalue weighted by Crippen LogP contribution is 2.47. The van der Waals surface area contributed by atoms with E-state index in [1.54, 1.807) is 45.0 Å². The maximum absolute atomic E-state index is 12.3. The van der Waals surface area contributed by atoms with Crippen LogP contribution < -0.4 is 10.5 Å². The molecule has 0 aliphatic heterocycles. The summed E-state index contributed by atoms with van der Waals surface area (Å²) in [6.07, 6.45) is -0.197. The Hall–Kier alpha value is -1.60. The van der Waals surface area contributed by atoms with Crippen molar-refractivity contribution in [2.24, 2.45) is 5.73 Å². The fraction of sp³-hybridized carbons (Fsp3) is 0.500. The van der Waals surface area contributed by atoms with Crippen molar-refractivity contribution in [3.8, 4) is 5.75 Å². The number of hydrogen-bond acceptors (Lipinski definition) is 6. The highest BCUT2D eigenvalue weighted by atomic mass is 31.2. The van der Waals surface area contributed by atoms with Crippen molar-refractivity contribution < 1.29 is 28.4 Å². The molecule has 0 bridgehead atoms. The first-order valence-corrected chi connectivity index (χ1v) is 8.94. The molecule has 2 amide bonds. The van der Waals surface area contributed by atoms with Gasteiger partial charge in [0.05, 0.1) is 19.3 Å². The second kappa shape index (κ2) is 8.88. The number of urea groups is 1. The summed E-state index contributed by atoms with van der Waals surface area (Å²) < 4.78 is 28.0. The molecule has 1 aromatic rings. The molecule has 0 aliphatic rings. The maximum Gasteiger partial charge on any atom is 0.367 e. The van der Waals surface area contributed by atoms with Crippen molar-refractivity contribution in [3.05, 3.63) is 29.8 Å². The molecule has 1 rings (SSSR count). The van der Waals surface area contributed by atoms with Crippen LogP contribution in [-0.4, -0.2) is 35.9 Å². The van der Waals surface area contributed by atoms with E-state index in [-0.39, 0.29) is 19.6 Å². The quantitative estimate of drug-likeness (QED) is 0.404. The maximum atomic E-state index is 12.3. The number of hydrogen-bond donors (Lipinski definition) is 2. The molecule has 1 atom stereocenters. The van der Waals surface area contributed by atoms with Gasteiger partial charge in [-0.3, -0.25) is 9.77 Å². The van der Waals surface area contributed by atoms with Crippen molar-refractivity contribution in [1.29, 1.82) is 0 Å². The molecular formula is C14H23N2O6P. The molecule has 8 nitrogen and oxygen atoms in total. The summed E-state index contributed by atoms with van der Waals surface area (Å²) in [7, 11) is -3.28. The van der Waals surface area contributed by atoms with Gasteiger partial charge in [-0.1, -0.05) is 12.1 Å². The molecule has 130 valence electrons. The predicted molar refractivity (Wildman–Crippen MR) is 84.4 cm³/mol. The Bertz CT molecular complexity index is 541. The Labute approximate surface area is 135 Å². The van der Waals surface area contributed by atoms with Crippen LogP contribution in [0.2, 0.25) is 0 Å². The fourth-order valence-corrected chi connectivity index (χ4v) is 3.15. The molecule has 0 saturated carbocycles. The van der Waals surface area contributed by atoms with Crippen molar-refractivity contribution >= 4 is 13.6 Å². The largest absolute Gasteiger partial charge is 0.481 e. The second-order valence-corrected chi connectivity index (χ2v) is 6.64. The van der Waals surface area contributed by atoms with Crippen LogP contribution in [0.3, 0.4) is 0 Å². The Balaban J connectivity index is 2.70. The lowest BCUT2D eigenvalue weighted by Gasteiger charge is -2.21. The first-order chi connectivity index (χ1) is 10.8. The molecule has 0 aliphatic carbocycles. The molecule has 0 fully saturated rings. The molecule has 23 heavy (non-hydrogen) atoms. The van der Waals surface area contributed by atoms with Crippen LogP contribution in [0.5, 0.6) is 5.75 Å². The van der Waals surface area contributed by atoms with Crippen LogP contribution in [-0.2, 0) is 13.6 Å². The molecule has 0 heterocycles. The van der Waals surface area contributed by atoms with Gasteiger partial charge in [0.15, 0.2) is 6.35 Å². The fourth-order valence-electron chi connectivity index (χ4n) is 1.83. The van der Waals surface area contributed by atoms with Crippen LogP contribution in [0, 0.1) is 0 Å². The average Bonchev–Trinajstić information content (AvgIpc) is 2.52. The number of primary amides is 1. The van der Waals surface area contributed by atoms with Gasteiger partial charge < -0.3 is 19.5 Å². The topological polar surface area (TPSA) is 111 Å². The zero-order valence-corrected chi connectivity index (χ0v) is 14.4. The number of rotatable bonds is 9. The van der Waals surface area contributed by atoms with Gasteiger partial charge in [0, 0.05) is 0 Å². The molecule has 0 aromatic heterocycles. The van der Waals surface area contributed by atoms with E-state index in [1.165, 1.54) is 0 Å². The third-order valence-corrected chi connectivity index (χ3v) is 4.74. The molecule has 0 radical (unpaired) electrons. The van der Waals surface area contributed by atoms with Gasteiger partial charge in [-0.15, -0.1) is 0 Å². The van der Waals surface area contributed by atoms with Gasteiger partial charge in [0.1, 0.15) is 5.75 Å². The molecule has 1 unspecified atom stereocenters. The normalized spacial score (nSPS) is 12.7. The Morgan fingerprint density at radius 3 is 2.22 bits per heavy atom. The van der Waals surface area contributed by atoms with E-state index in [0.29, 0.717) is 16.4 Å². The third kappa shape index (κ3) is 5.84. The molecule has 0 spiro atoms. The smallest absolute Gasteiger partial charge is 0.367 e. The lowest BCUT2D eigenvalue weighted by molar-refractivity contribution is -0.0710. The lowest BCUT2D eigenvalue weighted by atomic mass is 10.1. The van der Waals surface area contributed by atoms with E-state index in [9.17, 15) is 14.6 Å². The number of hydroxylamine groups is 2. The minimum absolute atomic E-state index is 0.197. The standard InChI is InChI=1S/C14H23N2O6P/c1-4-21-23(19,22-5-2)10-20-13-8-6-12(7-9-13)11(3)16(18)14(15)17/h6-9,11,18H,4-5,10H2,1-3H3,(H2,15,17). The van der Waals surface area contributed by atoms with Crippen LogP contribution in [0.4, 0.5) is 4.79 Å². The lowest BCUT2D eigenvalue weighted by Crippen LogP contribution is -2.34. The molecule has 9 heteroatoms. The zero-order chi connectivity index (χ0) is 17.5.